The molecule has 0 aromatic heterocycles. The standard InChI is InChI=1S/C7H7IN2O3/c8-5-2-1-4(7(9)11)3-6(5)10(12)13/h1,3,5H,2H2,(H2,9,11). The van der Waals surface area contributed by atoms with Crippen LogP contribution in [0, 0.1) is 10.1 Å². The molecule has 0 aliphatic heterocycles. The Labute approximate surface area is 88.0 Å². The summed E-state index contributed by atoms with van der Waals surface area (Å²) >= 11 is 1.96. The van der Waals surface area contributed by atoms with E-state index in [1.54, 1.807) is 6.08 Å². The fraction of sp³-hybridized carbons (Fsp3) is 0.286. The Bertz CT molecular complexity index is 322. The lowest BCUT2D eigenvalue weighted by molar-refractivity contribution is -0.426. The maximum Gasteiger partial charge on any atom is 0.260 e. The molecule has 0 heterocycles. The van der Waals surface area contributed by atoms with Gasteiger partial charge in [0.25, 0.3) is 5.70 Å². The van der Waals surface area contributed by atoms with Crippen LogP contribution >= 0.6 is 22.6 Å². The molecule has 1 aliphatic rings. The van der Waals surface area contributed by atoms with Crippen molar-refractivity contribution in [1.29, 1.82) is 0 Å². The van der Waals surface area contributed by atoms with Gasteiger partial charge in [-0.1, -0.05) is 28.7 Å². The van der Waals surface area contributed by atoms with Crippen LogP contribution in [-0.4, -0.2) is 14.8 Å². The predicted molar refractivity (Wildman–Crippen MR) is 54.8 cm³/mol. The third-order valence-corrected chi connectivity index (χ3v) is 2.81. The van der Waals surface area contributed by atoms with Gasteiger partial charge in [-0.3, -0.25) is 14.9 Å². The Morgan fingerprint density at radius 3 is 2.85 bits per heavy atom. The average Bonchev–Trinajstić information content (AvgIpc) is 2.04. The van der Waals surface area contributed by atoms with E-state index >= 15 is 0 Å². The molecule has 0 radical (unpaired) electrons. The molecule has 0 saturated heterocycles. The second-order valence-electron chi connectivity index (χ2n) is 2.55. The van der Waals surface area contributed by atoms with E-state index in [0.717, 1.165) is 0 Å². The summed E-state index contributed by atoms with van der Waals surface area (Å²) in [6.45, 7) is 0. The lowest BCUT2D eigenvalue weighted by Crippen LogP contribution is -2.20. The topological polar surface area (TPSA) is 86.2 Å². The molecule has 0 aromatic rings. The molecule has 1 aliphatic carbocycles. The number of nitrogens with zero attached hydrogens (tertiary/aromatic N) is 1. The Morgan fingerprint density at radius 2 is 2.38 bits per heavy atom. The van der Waals surface area contributed by atoms with Gasteiger partial charge in [0.2, 0.25) is 5.91 Å². The van der Waals surface area contributed by atoms with Crippen LogP contribution in [0.4, 0.5) is 0 Å². The molecule has 0 spiro atoms. The number of halogens is 1. The van der Waals surface area contributed by atoms with Gasteiger partial charge in [-0.25, -0.2) is 0 Å². The average molecular weight is 294 g/mol. The summed E-state index contributed by atoms with van der Waals surface area (Å²) in [7, 11) is 0. The SMILES string of the molecule is NC(=O)C1=CCC(I)C([N+](=O)[O-])=C1. The summed E-state index contributed by atoms with van der Waals surface area (Å²) < 4.78 is -0.185. The quantitative estimate of drug-likeness (QED) is 0.353. The van der Waals surface area contributed by atoms with Crippen LogP contribution in [0.25, 0.3) is 0 Å². The molecule has 13 heavy (non-hydrogen) atoms. The van der Waals surface area contributed by atoms with Crippen molar-refractivity contribution >= 4 is 28.5 Å². The first-order valence-electron chi connectivity index (χ1n) is 3.52. The smallest absolute Gasteiger partial charge is 0.260 e. The van der Waals surface area contributed by atoms with E-state index in [0.29, 0.717) is 6.42 Å². The normalized spacial score (nSPS) is 21.8. The molecule has 0 saturated carbocycles. The first-order chi connectivity index (χ1) is 6.02. The van der Waals surface area contributed by atoms with E-state index in [2.05, 4.69) is 0 Å². The lowest BCUT2D eigenvalue weighted by atomic mass is 10.0. The first kappa shape index (κ1) is 10.2. The fourth-order valence-corrected chi connectivity index (χ4v) is 1.66. The number of amides is 1. The fourth-order valence-electron chi connectivity index (χ4n) is 0.999. The van der Waals surface area contributed by atoms with Crippen molar-refractivity contribution < 1.29 is 9.72 Å². The minimum Gasteiger partial charge on any atom is -0.366 e. The van der Waals surface area contributed by atoms with Crippen LogP contribution < -0.4 is 5.73 Å². The van der Waals surface area contributed by atoms with E-state index in [-0.39, 0.29) is 15.2 Å². The van der Waals surface area contributed by atoms with Crippen molar-refractivity contribution in [3.8, 4) is 0 Å². The summed E-state index contributed by atoms with van der Waals surface area (Å²) in [4.78, 5) is 20.7. The maximum atomic E-state index is 10.7. The molecule has 0 fully saturated rings. The molecule has 1 amide bonds. The minimum atomic E-state index is -0.623. The van der Waals surface area contributed by atoms with E-state index in [9.17, 15) is 14.9 Å². The van der Waals surface area contributed by atoms with Gasteiger partial charge in [0.15, 0.2) is 0 Å². The van der Waals surface area contributed by atoms with Crippen molar-refractivity contribution in [3.05, 3.63) is 33.5 Å². The van der Waals surface area contributed by atoms with Gasteiger partial charge >= 0.3 is 0 Å². The van der Waals surface area contributed by atoms with Gasteiger partial charge in [-0.2, -0.15) is 0 Å². The number of primary amides is 1. The number of carbonyl (C=O) groups excluding carboxylic acids is 1. The largest absolute Gasteiger partial charge is 0.366 e. The zero-order valence-corrected chi connectivity index (χ0v) is 8.72. The van der Waals surface area contributed by atoms with Gasteiger partial charge in [0, 0.05) is 11.6 Å². The summed E-state index contributed by atoms with van der Waals surface area (Å²) in [6, 6.07) is 0. The van der Waals surface area contributed by atoms with Crippen LogP contribution in [0.15, 0.2) is 23.4 Å². The number of alkyl halides is 1. The molecular weight excluding hydrogens is 287 g/mol. The number of rotatable bonds is 2. The van der Waals surface area contributed by atoms with Crippen LogP contribution in [0.1, 0.15) is 6.42 Å². The number of nitrogens with two attached hydrogens (primary N) is 1. The molecule has 70 valence electrons. The predicted octanol–water partition coefficient (Wildman–Crippen LogP) is 0.766. The number of allylic oxidation sites excluding steroid dienone is 2. The van der Waals surface area contributed by atoms with Gasteiger partial charge < -0.3 is 5.73 Å². The maximum absolute atomic E-state index is 10.7. The molecule has 6 heteroatoms. The van der Waals surface area contributed by atoms with Gasteiger partial charge in [-0.05, 0) is 6.42 Å². The molecule has 5 nitrogen and oxygen atoms in total. The van der Waals surface area contributed by atoms with E-state index < -0.39 is 10.8 Å². The summed E-state index contributed by atoms with van der Waals surface area (Å²) in [5.41, 5.74) is 5.26. The van der Waals surface area contributed by atoms with Gasteiger partial charge in [0.05, 0.1) is 4.92 Å². The zero-order valence-electron chi connectivity index (χ0n) is 6.57. The van der Waals surface area contributed by atoms with E-state index in [4.69, 9.17) is 5.73 Å². The molecule has 0 aromatic carbocycles. The van der Waals surface area contributed by atoms with Crippen LogP contribution in [0.2, 0.25) is 0 Å². The van der Waals surface area contributed by atoms with Crippen molar-refractivity contribution in [1.82, 2.24) is 0 Å². The third-order valence-electron chi connectivity index (χ3n) is 1.66. The Hall–Kier alpha value is -0.920. The highest BCUT2D eigenvalue weighted by Crippen LogP contribution is 2.24. The second-order valence-corrected chi connectivity index (χ2v) is 4.06. The Morgan fingerprint density at radius 1 is 1.77 bits per heavy atom. The van der Waals surface area contributed by atoms with E-state index in [1.165, 1.54) is 6.08 Å². The Balaban J connectivity index is 2.98. The lowest BCUT2D eigenvalue weighted by Gasteiger charge is -2.10. The highest BCUT2D eigenvalue weighted by atomic mass is 127. The van der Waals surface area contributed by atoms with Crippen LogP contribution in [0.5, 0.6) is 0 Å². The van der Waals surface area contributed by atoms with Crippen LogP contribution in [-0.2, 0) is 4.79 Å². The number of carbonyl (C=O) groups is 1. The summed E-state index contributed by atoms with van der Waals surface area (Å²) in [5.74, 6) is -0.623. The molecule has 1 rings (SSSR count). The molecule has 0 bridgehead atoms. The van der Waals surface area contributed by atoms with Crippen molar-refractivity contribution in [2.45, 2.75) is 10.3 Å². The van der Waals surface area contributed by atoms with Crippen molar-refractivity contribution in [3.63, 3.8) is 0 Å². The molecule has 1 atom stereocenters. The van der Waals surface area contributed by atoms with Crippen molar-refractivity contribution in [2.75, 3.05) is 0 Å². The minimum absolute atomic E-state index is 0.0388. The van der Waals surface area contributed by atoms with Gasteiger partial charge in [-0.15, -0.1) is 0 Å². The monoisotopic (exact) mass is 294 g/mol. The molecule has 2 N–H and O–H groups in total. The van der Waals surface area contributed by atoms with E-state index in [1.807, 2.05) is 22.6 Å². The third kappa shape index (κ3) is 2.27. The zero-order chi connectivity index (χ0) is 10.0. The van der Waals surface area contributed by atoms with Crippen LogP contribution in [0.3, 0.4) is 0 Å². The first-order valence-corrected chi connectivity index (χ1v) is 4.77. The highest BCUT2D eigenvalue weighted by Gasteiger charge is 2.26. The number of hydrogen-bond acceptors (Lipinski definition) is 3. The summed E-state index contributed by atoms with van der Waals surface area (Å²) in [5, 5.41) is 10.5. The summed E-state index contributed by atoms with van der Waals surface area (Å²) in [6.07, 6.45) is 3.33. The molecule has 1 unspecified atom stereocenters. The number of hydrogen-bond donors (Lipinski definition) is 1. The highest BCUT2D eigenvalue weighted by molar-refractivity contribution is 14.1. The molecular formula is C7H7IN2O3. The van der Waals surface area contributed by atoms with Crippen molar-refractivity contribution in [2.24, 2.45) is 5.73 Å². The van der Waals surface area contributed by atoms with Gasteiger partial charge in [0.1, 0.15) is 3.92 Å². The second kappa shape index (κ2) is 3.86. The Kier molecular flexibility index (Phi) is 3.02. The number of nitro groups is 1.